The van der Waals surface area contributed by atoms with Crippen molar-refractivity contribution in [3.63, 3.8) is 0 Å². The summed E-state index contributed by atoms with van der Waals surface area (Å²) in [5.41, 5.74) is -0.843. The molecule has 4 rings (SSSR count). The molecule has 6 heteroatoms. The number of ketones is 2. The van der Waals surface area contributed by atoms with Crippen LogP contribution in [-0.2, 0) is 23.9 Å². The molecule has 4 saturated carbocycles. The summed E-state index contributed by atoms with van der Waals surface area (Å²) >= 11 is 0. The molecular formula is C32H50O6. The van der Waals surface area contributed by atoms with Crippen molar-refractivity contribution in [2.24, 2.45) is 51.2 Å². The molecule has 0 aliphatic heterocycles. The molecular weight excluding hydrogens is 480 g/mol. The largest absolute Gasteiger partial charge is 0.461 e. The van der Waals surface area contributed by atoms with Crippen molar-refractivity contribution >= 4 is 23.8 Å². The minimum absolute atomic E-state index is 0.0402. The fourth-order valence-corrected chi connectivity index (χ4v) is 10.4. The number of aliphatic hydroxyl groups excluding tert-OH is 1. The summed E-state index contributed by atoms with van der Waals surface area (Å²) in [5, 5.41) is 10.0. The first kappa shape index (κ1) is 29.4. The number of hydrogen-bond acceptors (Lipinski definition) is 6. The third-order valence-electron chi connectivity index (χ3n) is 12.7. The van der Waals surface area contributed by atoms with E-state index >= 15 is 0 Å². The van der Waals surface area contributed by atoms with Gasteiger partial charge in [0.1, 0.15) is 24.0 Å². The fraction of sp³-hybridized carbons (Fsp3) is 0.875. The number of aliphatic hydroxyl groups is 1. The molecule has 0 aromatic heterocycles. The molecule has 6 nitrogen and oxygen atoms in total. The van der Waals surface area contributed by atoms with Crippen LogP contribution < -0.4 is 0 Å². The molecule has 0 saturated heterocycles. The Balaban J connectivity index is 1.76. The normalized spacial score (nSPS) is 47.2. The van der Waals surface area contributed by atoms with Gasteiger partial charge in [-0.3, -0.25) is 14.4 Å². The number of carbonyl (C=O) groups excluding carboxylic acids is 4. The third kappa shape index (κ3) is 4.23. The molecule has 214 valence electrons. The number of hydrogen-bond donors (Lipinski definition) is 1. The standard InChI is InChI=1S/C32H50O6/c1-8-20(35)15-27(37)38-22-16-25-31(6)14-11-23-29(4,9-2)12-10-13-30(23,5)24(31)17-26(36)32(25,7)21(18-33)28(22)19(3)34/h18,20-25,28,35H,8-17H2,1-7H3. The van der Waals surface area contributed by atoms with E-state index in [1.165, 1.54) is 19.8 Å². The summed E-state index contributed by atoms with van der Waals surface area (Å²) in [4.78, 5) is 52.7. The molecule has 0 amide bonds. The third-order valence-corrected chi connectivity index (χ3v) is 12.7. The molecule has 0 spiro atoms. The number of esters is 1. The maximum atomic E-state index is 14.2. The lowest BCUT2D eigenvalue weighted by atomic mass is 9.34. The highest BCUT2D eigenvalue weighted by molar-refractivity contribution is 5.93. The number of rotatable bonds is 7. The highest BCUT2D eigenvalue weighted by atomic mass is 16.5. The zero-order valence-corrected chi connectivity index (χ0v) is 24.7. The van der Waals surface area contributed by atoms with Gasteiger partial charge in [0.05, 0.1) is 18.4 Å². The highest BCUT2D eigenvalue weighted by Crippen LogP contribution is 2.73. The van der Waals surface area contributed by atoms with Gasteiger partial charge in [-0.05, 0) is 79.4 Å². The maximum absolute atomic E-state index is 14.2. The Morgan fingerprint density at radius 1 is 1.05 bits per heavy atom. The first-order valence-electron chi connectivity index (χ1n) is 15.1. The van der Waals surface area contributed by atoms with Crippen molar-refractivity contribution < 1.29 is 29.0 Å². The average Bonchev–Trinajstić information content (AvgIpc) is 2.85. The molecule has 0 bridgehead atoms. The lowest BCUT2D eigenvalue weighted by Gasteiger charge is -2.70. The zero-order chi connectivity index (χ0) is 28.3. The van der Waals surface area contributed by atoms with Crippen molar-refractivity contribution in [1.29, 1.82) is 0 Å². The molecule has 4 aliphatic carbocycles. The molecule has 11 atom stereocenters. The van der Waals surface area contributed by atoms with Gasteiger partial charge in [-0.15, -0.1) is 0 Å². The molecule has 11 unspecified atom stereocenters. The van der Waals surface area contributed by atoms with E-state index in [2.05, 4.69) is 27.7 Å². The van der Waals surface area contributed by atoms with Crippen LogP contribution >= 0.6 is 0 Å². The van der Waals surface area contributed by atoms with Crippen LogP contribution in [0.3, 0.4) is 0 Å². The molecule has 4 aliphatic rings. The van der Waals surface area contributed by atoms with Gasteiger partial charge in [0, 0.05) is 17.8 Å². The van der Waals surface area contributed by atoms with Gasteiger partial charge in [0.25, 0.3) is 0 Å². The smallest absolute Gasteiger partial charge is 0.308 e. The van der Waals surface area contributed by atoms with Gasteiger partial charge in [-0.2, -0.15) is 0 Å². The molecule has 0 aromatic carbocycles. The minimum Gasteiger partial charge on any atom is -0.461 e. The zero-order valence-electron chi connectivity index (χ0n) is 24.7. The van der Waals surface area contributed by atoms with Crippen LogP contribution in [0.2, 0.25) is 0 Å². The van der Waals surface area contributed by atoms with Crippen LogP contribution in [0.15, 0.2) is 0 Å². The lowest BCUT2D eigenvalue weighted by molar-refractivity contribution is -0.224. The summed E-state index contributed by atoms with van der Waals surface area (Å²) in [6.07, 6.45) is 7.12. The van der Waals surface area contributed by atoms with Gasteiger partial charge >= 0.3 is 5.97 Å². The summed E-state index contributed by atoms with van der Waals surface area (Å²) in [5.74, 6) is -1.74. The number of carbonyl (C=O) groups is 4. The number of aldehydes is 1. The topological polar surface area (TPSA) is 97.7 Å². The van der Waals surface area contributed by atoms with E-state index in [4.69, 9.17) is 4.74 Å². The monoisotopic (exact) mass is 530 g/mol. The van der Waals surface area contributed by atoms with Gasteiger partial charge in [-0.25, -0.2) is 0 Å². The Kier molecular flexibility index (Phi) is 7.84. The lowest BCUT2D eigenvalue weighted by Crippen LogP contribution is -2.68. The number of fused-ring (bicyclic) bond motifs is 5. The van der Waals surface area contributed by atoms with Crippen LogP contribution in [0.1, 0.15) is 113 Å². The van der Waals surface area contributed by atoms with Crippen molar-refractivity contribution in [3.05, 3.63) is 0 Å². The Morgan fingerprint density at radius 3 is 2.29 bits per heavy atom. The maximum Gasteiger partial charge on any atom is 0.308 e. The predicted octanol–water partition coefficient (Wildman–Crippen LogP) is 5.72. The summed E-state index contributed by atoms with van der Waals surface area (Å²) in [6.45, 7) is 14.6. The van der Waals surface area contributed by atoms with E-state index < -0.39 is 35.4 Å². The molecule has 0 heterocycles. The van der Waals surface area contributed by atoms with Crippen molar-refractivity contribution in [2.45, 2.75) is 125 Å². The number of Topliss-reactive ketones (excluding diaryl/α,β-unsaturated/α-hetero) is 2. The van der Waals surface area contributed by atoms with Crippen LogP contribution in [0, 0.1) is 51.2 Å². The van der Waals surface area contributed by atoms with E-state index in [1.54, 1.807) is 6.92 Å². The van der Waals surface area contributed by atoms with Crippen LogP contribution in [0.25, 0.3) is 0 Å². The number of ether oxygens (including phenoxy) is 1. The molecule has 4 fully saturated rings. The fourth-order valence-electron chi connectivity index (χ4n) is 10.4. The van der Waals surface area contributed by atoms with Gasteiger partial charge in [0.2, 0.25) is 0 Å². The SMILES string of the molecule is CCC(O)CC(=O)OC1CC2C3(C)CCC4C(C)(CC)CCCC4(C)C3CC(=O)C2(C)C(C=O)C1C(C)=O. The van der Waals surface area contributed by atoms with Crippen molar-refractivity contribution in [2.75, 3.05) is 0 Å². The Bertz CT molecular complexity index is 975. The molecule has 1 N–H and O–H groups in total. The highest BCUT2D eigenvalue weighted by Gasteiger charge is 2.71. The second kappa shape index (κ2) is 10.1. The average molecular weight is 531 g/mol. The van der Waals surface area contributed by atoms with Crippen molar-refractivity contribution in [1.82, 2.24) is 0 Å². The van der Waals surface area contributed by atoms with Gasteiger partial charge in [-0.1, -0.05) is 54.4 Å². The summed E-state index contributed by atoms with van der Waals surface area (Å²) in [7, 11) is 0. The quantitative estimate of drug-likeness (QED) is 0.334. The second-order valence-corrected chi connectivity index (χ2v) is 14.3. The van der Waals surface area contributed by atoms with E-state index in [1.807, 2.05) is 6.92 Å². The van der Waals surface area contributed by atoms with E-state index in [-0.39, 0.29) is 46.1 Å². The molecule has 0 radical (unpaired) electrons. The van der Waals surface area contributed by atoms with Crippen LogP contribution in [-0.4, -0.2) is 41.1 Å². The van der Waals surface area contributed by atoms with E-state index in [0.717, 1.165) is 32.0 Å². The van der Waals surface area contributed by atoms with Crippen LogP contribution in [0.4, 0.5) is 0 Å². The first-order valence-corrected chi connectivity index (χ1v) is 15.1. The Morgan fingerprint density at radius 2 is 1.71 bits per heavy atom. The molecule has 0 aromatic rings. The van der Waals surface area contributed by atoms with Gasteiger partial charge in [0.15, 0.2) is 0 Å². The minimum atomic E-state index is -0.957. The van der Waals surface area contributed by atoms with Crippen LogP contribution in [0.5, 0.6) is 0 Å². The second-order valence-electron chi connectivity index (χ2n) is 14.3. The van der Waals surface area contributed by atoms with Crippen molar-refractivity contribution in [3.8, 4) is 0 Å². The van der Waals surface area contributed by atoms with Gasteiger partial charge < -0.3 is 14.6 Å². The first-order chi connectivity index (χ1) is 17.7. The Hall–Kier alpha value is -1.56. The predicted molar refractivity (Wildman–Crippen MR) is 145 cm³/mol. The Labute approximate surface area is 229 Å². The summed E-state index contributed by atoms with van der Waals surface area (Å²) in [6, 6.07) is 0. The van der Waals surface area contributed by atoms with E-state index in [9.17, 15) is 24.3 Å². The summed E-state index contributed by atoms with van der Waals surface area (Å²) < 4.78 is 5.92. The van der Waals surface area contributed by atoms with E-state index in [0.29, 0.717) is 25.2 Å². The molecule has 38 heavy (non-hydrogen) atoms.